The Labute approximate surface area is 169 Å². The lowest BCUT2D eigenvalue weighted by Gasteiger charge is -2.35. The number of phenolic OH excluding ortho intramolecular Hbond substituents is 1. The van der Waals surface area contributed by atoms with E-state index in [0.29, 0.717) is 40.1 Å². The second-order valence-corrected chi connectivity index (χ2v) is 8.51. The number of halogens is 1. The van der Waals surface area contributed by atoms with Gasteiger partial charge in [-0.3, -0.25) is 4.90 Å². The number of likely N-dealkylation sites (tertiary alicyclic amines) is 1. The third-order valence-corrected chi connectivity index (χ3v) is 5.71. The Morgan fingerprint density at radius 2 is 1.79 bits per heavy atom. The molecule has 1 aliphatic heterocycles. The maximum atomic E-state index is 12.7. The molecule has 2 heterocycles. The first-order valence-corrected chi connectivity index (χ1v) is 10.1. The second kappa shape index (κ2) is 7.61. The molecule has 1 saturated heterocycles. The molecular formula is C23H24ClNO3. The molecule has 2 aromatic carbocycles. The quantitative estimate of drug-likeness (QED) is 0.609. The van der Waals surface area contributed by atoms with E-state index in [9.17, 15) is 9.90 Å². The number of hydrogen-bond donors (Lipinski definition) is 1. The second-order valence-electron chi connectivity index (χ2n) is 8.08. The molecule has 2 unspecified atom stereocenters. The van der Waals surface area contributed by atoms with Crippen molar-refractivity contribution >= 4 is 22.6 Å². The first-order valence-electron chi connectivity index (χ1n) is 9.67. The lowest BCUT2D eigenvalue weighted by Crippen LogP contribution is -2.38. The van der Waals surface area contributed by atoms with E-state index in [1.165, 1.54) is 6.42 Å². The van der Waals surface area contributed by atoms with Gasteiger partial charge < -0.3 is 9.52 Å². The number of fused-ring (bicyclic) bond motifs is 1. The minimum Gasteiger partial charge on any atom is -0.507 e. The van der Waals surface area contributed by atoms with Crippen molar-refractivity contribution in [2.75, 3.05) is 13.1 Å². The molecule has 3 aromatic rings. The number of benzene rings is 2. The van der Waals surface area contributed by atoms with E-state index in [1.54, 1.807) is 36.4 Å². The predicted molar refractivity (Wildman–Crippen MR) is 113 cm³/mol. The van der Waals surface area contributed by atoms with Crippen molar-refractivity contribution in [2.45, 2.75) is 26.8 Å². The van der Waals surface area contributed by atoms with Crippen LogP contribution in [0.2, 0.25) is 5.02 Å². The molecule has 4 nitrogen and oxygen atoms in total. The Balaban J connectivity index is 1.75. The molecule has 0 bridgehead atoms. The Morgan fingerprint density at radius 3 is 2.46 bits per heavy atom. The minimum absolute atomic E-state index is 0.167. The highest BCUT2D eigenvalue weighted by Gasteiger charge is 2.24. The molecular weight excluding hydrogens is 374 g/mol. The fourth-order valence-corrected chi connectivity index (χ4v) is 4.49. The van der Waals surface area contributed by atoms with Gasteiger partial charge in [0.25, 0.3) is 0 Å². The van der Waals surface area contributed by atoms with Gasteiger partial charge in [0.05, 0.1) is 11.1 Å². The Kier molecular flexibility index (Phi) is 5.17. The van der Waals surface area contributed by atoms with Gasteiger partial charge in [-0.2, -0.15) is 0 Å². The van der Waals surface area contributed by atoms with Crippen LogP contribution in [0.3, 0.4) is 0 Å². The normalized spacial score (nSPS) is 20.5. The zero-order valence-electron chi connectivity index (χ0n) is 16.1. The monoisotopic (exact) mass is 397 g/mol. The highest BCUT2D eigenvalue weighted by atomic mass is 35.5. The van der Waals surface area contributed by atoms with Crippen LogP contribution in [0, 0.1) is 11.8 Å². The van der Waals surface area contributed by atoms with E-state index in [-0.39, 0.29) is 5.75 Å². The highest BCUT2D eigenvalue weighted by molar-refractivity contribution is 6.30. The third kappa shape index (κ3) is 3.80. The molecule has 5 heteroatoms. The van der Waals surface area contributed by atoms with Crippen LogP contribution in [0.15, 0.2) is 51.7 Å². The van der Waals surface area contributed by atoms with Gasteiger partial charge in [-0.25, -0.2) is 4.79 Å². The average molecular weight is 398 g/mol. The van der Waals surface area contributed by atoms with Crippen molar-refractivity contribution in [2.24, 2.45) is 11.8 Å². The number of nitrogens with zero attached hydrogens (tertiary/aromatic N) is 1. The van der Waals surface area contributed by atoms with Gasteiger partial charge in [-0.15, -0.1) is 0 Å². The van der Waals surface area contributed by atoms with Crippen LogP contribution in [0.25, 0.3) is 22.1 Å². The van der Waals surface area contributed by atoms with E-state index < -0.39 is 5.63 Å². The fourth-order valence-electron chi connectivity index (χ4n) is 4.36. The lowest BCUT2D eigenvalue weighted by molar-refractivity contribution is 0.133. The SMILES string of the molecule is CC1CC(C)CN(Cc2c(O)ccc3cc(-c4ccc(Cl)cc4)c(=O)oc23)C1. The number of hydrogen-bond acceptors (Lipinski definition) is 4. The third-order valence-electron chi connectivity index (χ3n) is 5.46. The Bertz CT molecular complexity index is 1050. The molecule has 2 atom stereocenters. The first-order chi connectivity index (χ1) is 13.4. The standard InChI is InChI=1S/C23H24ClNO3/c1-14-9-15(2)12-25(11-14)13-20-21(26)8-5-17-10-19(23(27)28-22(17)20)16-3-6-18(24)7-4-16/h3-8,10,14-15,26H,9,11-13H2,1-2H3. The molecule has 0 radical (unpaired) electrons. The molecule has 1 fully saturated rings. The smallest absolute Gasteiger partial charge is 0.344 e. The summed E-state index contributed by atoms with van der Waals surface area (Å²) >= 11 is 5.95. The zero-order valence-corrected chi connectivity index (χ0v) is 16.9. The molecule has 1 N–H and O–H groups in total. The Hall–Kier alpha value is -2.30. The van der Waals surface area contributed by atoms with Crippen molar-refractivity contribution in [3.05, 3.63) is 63.5 Å². The molecule has 146 valence electrons. The van der Waals surface area contributed by atoms with E-state index in [1.807, 2.05) is 6.07 Å². The molecule has 4 rings (SSSR count). The maximum absolute atomic E-state index is 12.7. The summed E-state index contributed by atoms with van der Waals surface area (Å²) in [6.45, 7) is 7.04. The van der Waals surface area contributed by atoms with Crippen LogP contribution >= 0.6 is 11.6 Å². The van der Waals surface area contributed by atoms with Crippen molar-refractivity contribution in [3.63, 3.8) is 0 Å². The van der Waals surface area contributed by atoms with Crippen molar-refractivity contribution < 1.29 is 9.52 Å². The first kappa shape index (κ1) is 19.0. The number of phenols is 1. The van der Waals surface area contributed by atoms with E-state index >= 15 is 0 Å². The number of aromatic hydroxyl groups is 1. The van der Waals surface area contributed by atoms with E-state index in [0.717, 1.165) is 24.0 Å². The fraction of sp³-hybridized carbons (Fsp3) is 0.348. The van der Waals surface area contributed by atoms with Gasteiger partial charge in [0, 0.05) is 30.0 Å². The zero-order chi connectivity index (χ0) is 19.8. The summed E-state index contributed by atoms with van der Waals surface area (Å²) in [5.74, 6) is 1.40. The van der Waals surface area contributed by atoms with Crippen molar-refractivity contribution in [3.8, 4) is 16.9 Å². The van der Waals surface area contributed by atoms with Crippen LogP contribution < -0.4 is 5.63 Å². The molecule has 0 amide bonds. The van der Waals surface area contributed by atoms with E-state index in [2.05, 4.69) is 18.7 Å². The highest BCUT2D eigenvalue weighted by Crippen LogP contribution is 2.32. The van der Waals surface area contributed by atoms with E-state index in [4.69, 9.17) is 16.0 Å². The van der Waals surface area contributed by atoms with Crippen LogP contribution in [0.4, 0.5) is 0 Å². The van der Waals surface area contributed by atoms with Crippen LogP contribution in [0.1, 0.15) is 25.8 Å². The Morgan fingerprint density at radius 1 is 1.11 bits per heavy atom. The molecule has 0 aliphatic carbocycles. The average Bonchev–Trinajstić information content (AvgIpc) is 2.64. The summed E-state index contributed by atoms with van der Waals surface area (Å²) in [6, 6.07) is 12.4. The summed E-state index contributed by atoms with van der Waals surface area (Å²) in [4.78, 5) is 15.0. The van der Waals surface area contributed by atoms with Gasteiger partial charge in [0.2, 0.25) is 0 Å². The van der Waals surface area contributed by atoms with Crippen molar-refractivity contribution in [1.29, 1.82) is 0 Å². The number of rotatable bonds is 3. The summed E-state index contributed by atoms with van der Waals surface area (Å²) in [7, 11) is 0. The van der Waals surface area contributed by atoms with Crippen LogP contribution in [-0.2, 0) is 6.54 Å². The van der Waals surface area contributed by atoms with Crippen molar-refractivity contribution in [1.82, 2.24) is 4.90 Å². The number of piperidine rings is 1. The summed E-state index contributed by atoms with van der Waals surface area (Å²) in [6.07, 6.45) is 1.22. The molecule has 0 saturated carbocycles. The van der Waals surface area contributed by atoms with Gasteiger partial charge in [-0.1, -0.05) is 37.6 Å². The van der Waals surface area contributed by atoms with Gasteiger partial charge >= 0.3 is 5.63 Å². The molecule has 1 aromatic heterocycles. The predicted octanol–water partition coefficient (Wildman–Crippen LogP) is 5.30. The molecule has 0 spiro atoms. The van der Waals surface area contributed by atoms with Gasteiger partial charge in [0.1, 0.15) is 11.3 Å². The van der Waals surface area contributed by atoms with Gasteiger partial charge in [0.15, 0.2) is 0 Å². The van der Waals surface area contributed by atoms with Crippen LogP contribution in [0.5, 0.6) is 5.75 Å². The summed E-state index contributed by atoms with van der Waals surface area (Å²) in [5, 5.41) is 11.9. The minimum atomic E-state index is -0.415. The lowest BCUT2D eigenvalue weighted by atomic mass is 9.91. The maximum Gasteiger partial charge on any atom is 0.344 e. The topological polar surface area (TPSA) is 53.7 Å². The molecule has 1 aliphatic rings. The summed E-state index contributed by atoms with van der Waals surface area (Å²) in [5.41, 5.74) is 1.98. The van der Waals surface area contributed by atoms with Crippen LogP contribution in [-0.4, -0.2) is 23.1 Å². The molecule has 28 heavy (non-hydrogen) atoms. The largest absolute Gasteiger partial charge is 0.507 e. The van der Waals surface area contributed by atoms with Gasteiger partial charge in [-0.05, 0) is 54.2 Å². The summed E-state index contributed by atoms with van der Waals surface area (Å²) < 4.78 is 5.71.